The number of carbonyl (C=O) groups excluding carboxylic acids is 3. The van der Waals surface area contributed by atoms with Crippen LogP contribution in [0.25, 0.3) is 11.1 Å². The molecule has 124 valence electrons. The maximum atomic E-state index is 11.7. The van der Waals surface area contributed by atoms with Crippen LogP contribution in [-0.2, 0) is 25.5 Å². The Balaban J connectivity index is 1.82. The predicted octanol–water partition coefficient (Wildman–Crippen LogP) is 1.61. The van der Waals surface area contributed by atoms with Crippen LogP contribution in [0.2, 0.25) is 0 Å². The van der Waals surface area contributed by atoms with Gasteiger partial charge in [-0.15, -0.1) is 0 Å². The summed E-state index contributed by atoms with van der Waals surface area (Å²) in [5, 5.41) is 0. The number of hydrogen-bond acceptors (Lipinski definition) is 4. The Labute approximate surface area is 139 Å². The highest BCUT2D eigenvalue weighted by atomic mass is 16.5. The highest BCUT2D eigenvalue weighted by molar-refractivity contribution is 5.83. The van der Waals surface area contributed by atoms with Crippen LogP contribution in [0, 0.1) is 0 Å². The molecule has 2 aromatic rings. The zero-order valence-electron chi connectivity index (χ0n) is 13.2. The summed E-state index contributed by atoms with van der Waals surface area (Å²) in [7, 11) is 0. The van der Waals surface area contributed by atoms with Crippen LogP contribution in [0.3, 0.4) is 0 Å². The van der Waals surface area contributed by atoms with Crippen molar-refractivity contribution in [2.45, 2.75) is 13.3 Å². The molecule has 0 aliphatic heterocycles. The van der Waals surface area contributed by atoms with E-state index in [1.807, 2.05) is 54.6 Å². The molecule has 2 aromatic carbocycles. The first kappa shape index (κ1) is 17.2. The van der Waals surface area contributed by atoms with Gasteiger partial charge in [0, 0.05) is 6.92 Å². The summed E-state index contributed by atoms with van der Waals surface area (Å²) in [5.74, 6) is -1.52. The molecule has 0 fully saturated rings. The van der Waals surface area contributed by atoms with Crippen molar-refractivity contribution in [3.05, 3.63) is 60.2 Å². The van der Waals surface area contributed by atoms with Crippen molar-refractivity contribution < 1.29 is 19.1 Å². The Morgan fingerprint density at radius 3 is 2.12 bits per heavy atom. The van der Waals surface area contributed by atoms with Crippen LogP contribution in [0.4, 0.5) is 0 Å². The highest BCUT2D eigenvalue weighted by Crippen LogP contribution is 2.19. The van der Waals surface area contributed by atoms with Crippen molar-refractivity contribution in [3.8, 4) is 11.1 Å². The number of hydrogen-bond donors (Lipinski definition) is 2. The maximum Gasteiger partial charge on any atom is 0.310 e. The average molecular weight is 326 g/mol. The smallest absolute Gasteiger partial charge is 0.310 e. The fourth-order valence-corrected chi connectivity index (χ4v) is 2.00. The number of nitrogens with one attached hydrogen (secondary N) is 2. The number of esters is 1. The molecule has 0 aromatic heterocycles. The van der Waals surface area contributed by atoms with Gasteiger partial charge in [0.05, 0.1) is 6.42 Å². The Morgan fingerprint density at radius 2 is 1.50 bits per heavy atom. The van der Waals surface area contributed by atoms with Crippen molar-refractivity contribution in [3.63, 3.8) is 0 Å². The molecule has 0 spiro atoms. The molecule has 0 atom stereocenters. The number of carbonyl (C=O) groups is 3. The molecule has 2 rings (SSSR count). The molecule has 2 amide bonds. The van der Waals surface area contributed by atoms with Gasteiger partial charge in [0.25, 0.3) is 5.91 Å². The third-order valence-electron chi connectivity index (χ3n) is 3.15. The Morgan fingerprint density at radius 1 is 0.875 bits per heavy atom. The fourth-order valence-electron chi connectivity index (χ4n) is 2.00. The van der Waals surface area contributed by atoms with E-state index in [1.165, 1.54) is 6.92 Å². The summed E-state index contributed by atoms with van der Waals surface area (Å²) >= 11 is 0. The maximum absolute atomic E-state index is 11.7. The molecule has 0 radical (unpaired) electrons. The van der Waals surface area contributed by atoms with Crippen molar-refractivity contribution in [1.29, 1.82) is 0 Å². The predicted molar refractivity (Wildman–Crippen MR) is 88.5 cm³/mol. The molecular weight excluding hydrogens is 308 g/mol. The van der Waals surface area contributed by atoms with Crippen molar-refractivity contribution in [1.82, 2.24) is 10.9 Å². The van der Waals surface area contributed by atoms with E-state index in [0.717, 1.165) is 16.7 Å². The minimum absolute atomic E-state index is 0.0719. The summed E-state index contributed by atoms with van der Waals surface area (Å²) < 4.78 is 4.85. The quantitative estimate of drug-likeness (QED) is 0.646. The molecule has 0 saturated carbocycles. The lowest BCUT2D eigenvalue weighted by atomic mass is 10.0. The number of benzene rings is 2. The van der Waals surface area contributed by atoms with Gasteiger partial charge >= 0.3 is 5.97 Å². The average Bonchev–Trinajstić information content (AvgIpc) is 2.59. The normalized spacial score (nSPS) is 9.88. The first-order chi connectivity index (χ1) is 11.5. The topological polar surface area (TPSA) is 84.5 Å². The first-order valence-corrected chi connectivity index (χ1v) is 7.40. The summed E-state index contributed by atoms with van der Waals surface area (Å²) in [6.07, 6.45) is 0.0719. The summed E-state index contributed by atoms with van der Waals surface area (Å²) in [6, 6.07) is 17.5. The summed E-state index contributed by atoms with van der Waals surface area (Å²) in [6.45, 7) is 0.812. The lowest BCUT2D eigenvalue weighted by Crippen LogP contribution is -2.42. The van der Waals surface area contributed by atoms with Crippen LogP contribution in [0.5, 0.6) is 0 Å². The first-order valence-electron chi connectivity index (χ1n) is 7.40. The van der Waals surface area contributed by atoms with Crippen molar-refractivity contribution in [2.75, 3.05) is 6.61 Å². The molecule has 6 nitrogen and oxygen atoms in total. The number of rotatable bonds is 5. The number of ether oxygens (including phenoxy) is 1. The van der Waals surface area contributed by atoms with Gasteiger partial charge in [-0.1, -0.05) is 54.6 Å². The molecule has 2 N–H and O–H groups in total. The van der Waals surface area contributed by atoms with Crippen molar-refractivity contribution >= 4 is 17.8 Å². The second-order valence-corrected chi connectivity index (χ2v) is 5.13. The van der Waals surface area contributed by atoms with Gasteiger partial charge in [-0.05, 0) is 16.7 Å². The van der Waals surface area contributed by atoms with Crippen LogP contribution in [0.1, 0.15) is 12.5 Å². The Bertz CT molecular complexity index is 712. The molecule has 0 aliphatic rings. The lowest BCUT2D eigenvalue weighted by Gasteiger charge is -2.07. The third kappa shape index (κ3) is 5.57. The van der Waals surface area contributed by atoms with E-state index in [1.54, 1.807) is 0 Å². The minimum Gasteiger partial charge on any atom is -0.455 e. The molecular formula is C18H18N2O4. The van der Waals surface area contributed by atoms with E-state index < -0.39 is 24.4 Å². The third-order valence-corrected chi connectivity index (χ3v) is 3.15. The highest BCUT2D eigenvalue weighted by Gasteiger charge is 2.09. The van der Waals surface area contributed by atoms with E-state index in [2.05, 4.69) is 10.9 Å². The monoisotopic (exact) mass is 326 g/mol. The van der Waals surface area contributed by atoms with Gasteiger partial charge in [-0.3, -0.25) is 25.2 Å². The zero-order valence-corrected chi connectivity index (χ0v) is 13.2. The molecule has 0 unspecified atom stereocenters. The van der Waals surface area contributed by atoms with Gasteiger partial charge in [0.2, 0.25) is 5.91 Å². The van der Waals surface area contributed by atoms with Crippen LogP contribution < -0.4 is 10.9 Å². The van der Waals surface area contributed by atoms with Gasteiger partial charge in [0.15, 0.2) is 6.61 Å². The van der Waals surface area contributed by atoms with Crippen LogP contribution >= 0.6 is 0 Å². The summed E-state index contributed by atoms with van der Waals surface area (Å²) in [5.41, 5.74) is 7.17. The number of amides is 2. The molecule has 6 heteroatoms. The molecule has 0 heterocycles. The van der Waals surface area contributed by atoms with Gasteiger partial charge in [-0.25, -0.2) is 0 Å². The van der Waals surface area contributed by atoms with E-state index in [9.17, 15) is 14.4 Å². The molecule has 0 aliphatic carbocycles. The number of hydrazine groups is 1. The fraction of sp³-hybridized carbons (Fsp3) is 0.167. The standard InChI is InChI=1S/C18H18N2O4/c1-13(21)19-20-17(22)12-24-18(23)11-14-7-9-16(10-8-14)15-5-3-2-4-6-15/h2-10H,11-12H2,1H3,(H,19,21)(H,20,22). The zero-order chi connectivity index (χ0) is 17.4. The van der Waals surface area contributed by atoms with E-state index in [0.29, 0.717) is 0 Å². The molecule has 0 bridgehead atoms. The van der Waals surface area contributed by atoms with Gasteiger partial charge in [0.1, 0.15) is 0 Å². The van der Waals surface area contributed by atoms with E-state index >= 15 is 0 Å². The SMILES string of the molecule is CC(=O)NNC(=O)COC(=O)Cc1ccc(-c2ccccc2)cc1. The Hall–Kier alpha value is -3.15. The minimum atomic E-state index is -0.599. The largest absolute Gasteiger partial charge is 0.455 e. The Kier molecular flexibility index (Phi) is 6.08. The summed E-state index contributed by atoms with van der Waals surface area (Å²) in [4.78, 5) is 33.6. The van der Waals surface area contributed by atoms with Crippen LogP contribution in [0.15, 0.2) is 54.6 Å². The van der Waals surface area contributed by atoms with Crippen LogP contribution in [-0.4, -0.2) is 24.4 Å². The van der Waals surface area contributed by atoms with Gasteiger partial charge in [-0.2, -0.15) is 0 Å². The second-order valence-electron chi connectivity index (χ2n) is 5.13. The van der Waals surface area contributed by atoms with Crippen molar-refractivity contribution in [2.24, 2.45) is 0 Å². The van der Waals surface area contributed by atoms with Gasteiger partial charge < -0.3 is 4.74 Å². The van der Waals surface area contributed by atoms with E-state index in [-0.39, 0.29) is 6.42 Å². The lowest BCUT2D eigenvalue weighted by molar-refractivity contribution is -0.148. The molecule has 24 heavy (non-hydrogen) atoms. The van der Waals surface area contributed by atoms with E-state index in [4.69, 9.17) is 4.74 Å². The molecule has 0 saturated heterocycles. The second kappa shape index (κ2) is 8.47.